The third-order valence-corrected chi connectivity index (χ3v) is 27.9. The maximum absolute atomic E-state index is 15.1. The first-order valence-corrected chi connectivity index (χ1v) is 34.9. The molecular formula is C65H72N4O7S4. The van der Waals surface area contributed by atoms with Crippen LogP contribution in [0.15, 0.2) is 60.6 Å². The van der Waals surface area contributed by atoms with Gasteiger partial charge in [0.1, 0.15) is 23.7 Å². The number of fused-ring (bicyclic) bond motifs is 3. The summed E-state index contributed by atoms with van der Waals surface area (Å²) in [5.74, 6) is 12.7. The number of hydrogen-bond acceptors (Lipinski definition) is 13. The number of aliphatic hydroxyl groups excluding tert-OH is 3. The van der Waals surface area contributed by atoms with Crippen LogP contribution in [0, 0.1) is 75.6 Å². The van der Waals surface area contributed by atoms with Gasteiger partial charge >= 0.3 is 0 Å². The molecule has 14 bridgehead atoms. The van der Waals surface area contributed by atoms with E-state index < -0.39 is 47.7 Å². The van der Waals surface area contributed by atoms with Crippen molar-refractivity contribution >= 4 is 59.9 Å². The minimum Gasteiger partial charge on any atom is -0.508 e. The van der Waals surface area contributed by atoms with E-state index in [9.17, 15) is 20.4 Å². The summed E-state index contributed by atoms with van der Waals surface area (Å²) in [5, 5.41) is 55.1. The van der Waals surface area contributed by atoms with Gasteiger partial charge in [-0.1, -0.05) is 135 Å². The minimum atomic E-state index is -1.09. The zero-order chi connectivity index (χ0) is 53.9. The highest BCUT2D eigenvalue weighted by molar-refractivity contribution is 8.77. The molecular weight excluding hydrogens is 1080 g/mol. The van der Waals surface area contributed by atoms with E-state index in [0.717, 1.165) is 97.6 Å². The van der Waals surface area contributed by atoms with Crippen LogP contribution in [0.5, 0.6) is 17.2 Å². The van der Waals surface area contributed by atoms with Gasteiger partial charge in [0.15, 0.2) is 17.7 Å². The highest BCUT2D eigenvalue weighted by Gasteiger charge is 2.60. The molecule has 4 aromatic rings. The average molecular weight is 1150 g/mol. The smallest absolute Gasteiger partial charge is 0.191 e. The van der Waals surface area contributed by atoms with Crippen LogP contribution < -0.4 is 20.5 Å². The number of ether oxygens (including phenoxy) is 2. The lowest BCUT2D eigenvalue weighted by atomic mass is 9.47. The largest absolute Gasteiger partial charge is 0.508 e. The molecule has 2 aromatic carbocycles. The van der Waals surface area contributed by atoms with Gasteiger partial charge in [-0.15, -0.1) is 0 Å². The molecule has 4 spiro atoms. The number of hydrogen-bond donors (Lipinski definition) is 7. The molecule has 11 nitrogen and oxygen atoms in total. The van der Waals surface area contributed by atoms with Crippen molar-refractivity contribution in [1.82, 2.24) is 14.9 Å². The summed E-state index contributed by atoms with van der Waals surface area (Å²) in [4.78, 5) is 18.9. The van der Waals surface area contributed by atoms with Gasteiger partial charge in [-0.25, -0.2) is 0 Å². The Bertz CT molecular complexity index is 3430. The Morgan fingerprint density at radius 3 is 2.66 bits per heavy atom. The lowest BCUT2D eigenvalue weighted by Crippen LogP contribution is -2.56. The van der Waals surface area contributed by atoms with Crippen molar-refractivity contribution in [2.24, 2.45) is 57.5 Å². The lowest BCUT2D eigenvalue weighted by molar-refractivity contribution is -0.127. The maximum atomic E-state index is 15.1. The van der Waals surface area contributed by atoms with E-state index >= 15 is 4.79 Å². The number of Topliss-reactive ketones (excluding diaryl/α,β-unsaturated/α-hetero) is 1. The Kier molecular flexibility index (Phi) is 12.5. The number of rotatable bonds is 4. The fraction of sp³-hybridized carbons (Fsp3) is 0.585. The molecule has 18 rings (SSSR count). The number of nitrogens with zero attached hydrogens (tertiary/aromatic N) is 1. The molecule has 0 radical (unpaired) electrons. The molecule has 0 saturated heterocycles. The Morgan fingerprint density at radius 1 is 0.950 bits per heavy atom. The Hall–Kier alpha value is -3.87. The normalized spacial score (nSPS) is 38.1. The third-order valence-electron chi connectivity index (χ3n) is 22.7. The topological polar surface area (TPSA) is 175 Å². The van der Waals surface area contributed by atoms with E-state index in [1.807, 2.05) is 21.6 Å². The van der Waals surface area contributed by atoms with Gasteiger partial charge in [0.25, 0.3) is 0 Å². The molecule has 15 unspecified atom stereocenters. The molecule has 0 amide bonds. The van der Waals surface area contributed by atoms with Crippen LogP contribution in [-0.2, 0) is 22.4 Å². The van der Waals surface area contributed by atoms with Gasteiger partial charge < -0.3 is 45.2 Å². The fourth-order valence-corrected chi connectivity index (χ4v) is 24.8. The van der Waals surface area contributed by atoms with Crippen LogP contribution >= 0.6 is 43.2 Å². The highest BCUT2D eigenvalue weighted by Crippen LogP contribution is 2.68. The van der Waals surface area contributed by atoms with Crippen LogP contribution in [0.25, 0.3) is 10.9 Å². The van der Waals surface area contributed by atoms with Crippen molar-refractivity contribution in [2.75, 3.05) is 18.1 Å². The van der Waals surface area contributed by atoms with E-state index in [2.05, 4.69) is 87.7 Å². The molecule has 80 heavy (non-hydrogen) atoms. The molecule has 7 aliphatic carbocycles. The van der Waals surface area contributed by atoms with Gasteiger partial charge in [-0.3, -0.25) is 10.1 Å². The predicted molar refractivity (Wildman–Crippen MR) is 318 cm³/mol. The summed E-state index contributed by atoms with van der Waals surface area (Å²) >= 11 is 0. The Balaban J connectivity index is 0.818. The van der Waals surface area contributed by atoms with E-state index in [0.29, 0.717) is 59.3 Å². The number of aromatic amines is 1. The number of phenolic OH excluding ortho intramolecular Hbond substituents is 1. The van der Waals surface area contributed by atoms with Crippen LogP contribution in [0.1, 0.15) is 166 Å². The summed E-state index contributed by atoms with van der Waals surface area (Å²) < 4.78 is 16.4. The van der Waals surface area contributed by atoms with Gasteiger partial charge in [0, 0.05) is 93.9 Å². The van der Waals surface area contributed by atoms with Crippen molar-refractivity contribution in [1.29, 1.82) is 0 Å². The van der Waals surface area contributed by atoms with E-state index in [4.69, 9.17) is 15.2 Å². The lowest BCUT2D eigenvalue weighted by Gasteiger charge is -2.59. The van der Waals surface area contributed by atoms with Crippen molar-refractivity contribution in [3.8, 4) is 41.1 Å². The molecule has 7 aliphatic heterocycles. The van der Waals surface area contributed by atoms with E-state index in [1.165, 1.54) is 47.9 Å². The quantitative estimate of drug-likeness (QED) is 0.0585. The molecule has 15 atom stereocenters. The average Bonchev–Trinajstić information content (AvgIpc) is 4.38. The number of phenols is 1. The van der Waals surface area contributed by atoms with Crippen LogP contribution in [0.4, 0.5) is 0 Å². The number of H-pyrrole nitrogens is 1. The zero-order valence-corrected chi connectivity index (χ0v) is 48.5. The number of aliphatic hydroxyl groups is 3. The van der Waals surface area contributed by atoms with Gasteiger partial charge in [-0.05, 0) is 121 Å². The Morgan fingerprint density at radius 2 is 1.79 bits per heavy atom. The van der Waals surface area contributed by atoms with Crippen molar-refractivity contribution in [3.05, 3.63) is 99.5 Å². The zero-order valence-electron chi connectivity index (χ0n) is 45.2. The maximum Gasteiger partial charge on any atom is 0.191 e. The highest BCUT2D eigenvalue weighted by atomic mass is 33.1. The first kappa shape index (κ1) is 51.7. The summed E-state index contributed by atoms with van der Waals surface area (Å²) in [5.41, 5.74) is 15.7. The summed E-state index contributed by atoms with van der Waals surface area (Å²) in [7, 11) is 7.11. The molecule has 14 aliphatic rings. The molecule has 8 N–H and O–H groups in total. The third kappa shape index (κ3) is 7.75. The molecule has 15 heteroatoms. The first-order chi connectivity index (χ1) is 39.0. The predicted octanol–water partition coefficient (Wildman–Crippen LogP) is 11.6. The van der Waals surface area contributed by atoms with Crippen LogP contribution in [0.3, 0.4) is 0 Å². The SMILES string of the molecule is NC1NCC23CSSCc4c(CCC(=O)C5CSSC6C=CC78CCCCC7C7CC(O)C(C=C7C6C8)C5O)c(O)cc5c4OC4C(C#CC(O)c6ccc1c2c6C(c1c[nH]c2cn4cc12)C1(CCCC1)C3)C1(C#CO5)CCCC1. The second kappa shape index (κ2) is 19.3. The van der Waals surface area contributed by atoms with Crippen molar-refractivity contribution in [2.45, 2.75) is 162 Å². The molecule has 9 heterocycles. The number of aromatic nitrogens is 2. The number of carbonyl (C=O) groups is 1. The summed E-state index contributed by atoms with van der Waals surface area (Å²) in [6.07, 6.45) is 29.0. The molecule has 4 fully saturated rings. The minimum absolute atomic E-state index is 0.00482. The number of ketones is 1. The molecule has 4 saturated carbocycles. The number of benzene rings is 2. The summed E-state index contributed by atoms with van der Waals surface area (Å²) in [6.45, 7) is 0.703. The van der Waals surface area contributed by atoms with E-state index in [1.54, 1.807) is 27.7 Å². The van der Waals surface area contributed by atoms with Gasteiger partial charge in [0.2, 0.25) is 0 Å². The molecule has 418 valence electrons. The number of aromatic hydroxyl groups is 1. The van der Waals surface area contributed by atoms with Crippen LogP contribution in [-0.4, -0.2) is 71.3 Å². The molecule has 2 aromatic heterocycles. The Labute approximate surface area is 484 Å². The number of nitrogens with two attached hydrogens (primary N) is 1. The van der Waals surface area contributed by atoms with Gasteiger partial charge in [-0.2, -0.15) is 0 Å². The number of carbonyl (C=O) groups excluding carboxylic acids is 1. The van der Waals surface area contributed by atoms with Crippen LogP contribution in [0.2, 0.25) is 0 Å². The van der Waals surface area contributed by atoms with Gasteiger partial charge in [0.05, 0.1) is 41.1 Å². The first-order valence-electron chi connectivity index (χ1n) is 30.1. The monoisotopic (exact) mass is 1150 g/mol. The second-order valence-electron chi connectivity index (χ2n) is 26.5. The number of allylic oxidation sites excluding steroid dienone is 2. The number of nitrogens with one attached hydrogen (secondary N) is 2. The van der Waals surface area contributed by atoms with Crippen molar-refractivity contribution in [3.63, 3.8) is 0 Å². The van der Waals surface area contributed by atoms with E-state index in [-0.39, 0.29) is 58.0 Å². The summed E-state index contributed by atoms with van der Waals surface area (Å²) in [6, 6.07) is 5.89. The fourth-order valence-electron chi connectivity index (χ4n) is 19.1. The van der Waals surface area contributed by atoms with Crippen molar-refractivity contribution < 1.29 is 34.7 Å². The standard InChI is InChI=1S/C65H72N4O7S4/c66-60-37-9-8-36-49(70)13-11-47-61-69-28-43-42(27-67-48(43)29-69)57-55(36)56(37)65(33-68-60,32-64(57)18-5-6-19-64)34-79-77-30-44-35(52(73)25-53(59(44)76-61)75-22-21-62(47)15-3-4-16-62)10-12-50(71)45-31-78-80-54-14-20-63-17-2-1-7-46(63)39-24-51(72)40(58(45)74)23-38(39)41(54)26-63/h8-9,14,20,23,25,27-29,39-41,45-47,49,51,54,57-58,60-61,67-68,70,72-74H,1-7,10,12,15-19,24,26,30-34,66H2. The second-order valence-corrected chi connectivity index (χ2v) is 31.6.